The van der Waals surface area contributed by atoms with E-state index in [1.165, 1.54) is 6.92 Å². The zero-order valence-corrected chi connectivity index (χ0v) is 18.9. The van der Waals surface area contributed by atoms with E-state index < -0.39 is 0 Å². The van der Waals surface area contributed by atoms with Crippen LogP contribution < -0.4 is 28.6 Å². The maximum absolute atomic E-state index is 12.5. The summed E-state index contributed by atoms with van der Waals surface area (Å²) in [5, 5.41) is 1.67. The zero-order valence-electron chi connectivity index (χ0n) is 18.9. The van der Waals surface area contributed by atoms with Gasteiger partial charge in [0.15, 0.2) is 23.0 Å². The lowest BCUT2D eigenvalue weighted by molar-refractivity contribution is -0.116. The number of hydrogen-bond acceptors (Lipinski definition) is 6. The molecule has 0 bridgehead atoms. The van der Waals surface area contributed by atoms with Crippen LogP contribution in [-0.2, 0) is 4.79 Å². The minimum atomic E-state index is -0.119. The Kier molecular flexibility index (Phi) is 6.44. The topological polar surface area (TPSA) is 66.5 Å². The molecule has 0 spiro atoms. The van der Waals surface area contributed by atoms with Gasteiger partial charge in [-0.1, -0.05) is 6.07 Å². The molecular formula is C24H27NO6. The average Bonchev–Trinajstić information content (AvgIpc) is 2.80. The quantitative estimate of drug-likeness (QED) is 0.554. The third-order valence-electron chi connectivity index (χ3n) is 5.28. The van der Waals surface area contributed by atoms with E-state index in [0.717, 1.165) is 21.9 Å². The molecular weight excluding hydrogens is 398 g/mol. The van der Waals surface area contributed by atoms with Crippen LogP contribution in [0.25, 0.3) is 21.9 Å². The fraction of sp³-hybridized carbons (Fsp3) is 0.292. The molecule has 0 aliphatic carbocycles. The molecule has 0 saturated heterocycles. The Morgan fingerprint density at radius 1 is 0.710 bits per heavy atom. The minimum absolute atomic E-state index is 0.119. The van der Waals surface area contributed by atoms with E-state index in [4.69, 9.17) is 23.7 Å². The van der Waals surface area contributed by atoms with E-state index in [2.05, 4.69) is 0 Å². The monoisotopic (exact) mass is 425 g/mol. The third kappa shape index (κ3) is 3.91. The molecule has 3 rings (SSSR count). The van der Waals surface area contributed by atoms with Crippen molar-refractivity contribution < 1.29 is 28.5 Å². The van der Waals surface area contributed by atoms with Gasteiger partial charge in [-0.2, -0.15) is 0 Å². The predicted molar refractivity (Wildman–Crippen MR) is 121 cm³/mol. The van der Waals surface area contributed by atoms with Gasteiger partial charge in [0.05, 0.1) is 41.2 Å². The normalized spacial score (nSPS) is 10.5. The molecule has 0 heterocycles. The van der Waals surface area contributed by atoms with Gasteiger partial charge in [0.25, 0.3) is 0 Å². The van der Waals surface area contributed by atoms with E-state index >= 15 is 0 Å². The number of ether oxygens (including phenoxy) is 5. The van der Waals surface area contributed by atoms with Crippen molar-refractivity contribution in [2.24, 2.45) is 0 Å². The van der Waals surface area contributed by atoms with Crippen LogP contribution in [0.2, 0.25) is 0 Å². The number of anilines is 1. The van der Waals surface area contributed by atoms with Crippen molar-refractivity contribution in [3.63, 3.8) is 0 Å². The molecule has 0 aromatic heterocycles. The molecule has 0 N–H and O–H groups in total. The van der Waals surface area contributed by atoms with Gasteiger partial charge in [-0.05, 0) is 41.3 Å². The van der Waals surface area contributed by atoms with Gasteiger partial charge in [0.1, 0.15) is 5.75 Å². The summed E-state index contributed by atoms with van der Waals surface area (Å²) in [6.45, 7) is 1.52. The Hall–Kier alpha value is -3.61. The van der Waals surface area contributed by atoms with Crippen LogP contribution in [0, 0.1) is 0 Å². The Morgan fingerprint density at radius 2 is 1.23 bits per heavy atom. The molecule has 0 radical (unpaired) electrons. The number of rotatable bonds is 7. The maximum atomic E-state index is 12.5. The van der Waals surface area contributed by atoms with Crippen molar-refractivity contribution in [2.45, 2.75) is 6.92 Å². The highest BCUT2D eigenvalue weighted by Crippen LogP contribution is 2.48. The van der Waals surface area contributed by atoms with Crippen LogP contribution in [-0.4, -0.2) is 48.5 Å². The number of carbonyl (C=O) groups excluding carboxylic acids is 1. The van der Waals surface area contributed by atoms with E-state index in [-0.39, 0.29) is 5.91 Å². The molecule has 3 aromatic carbocycles. The third-order valence-corrected chi connectivity index (χ3v) is 5.28. The first-order valence-corrected chi connectivity index (χ1v) is 9.63. The number of amides is 1. The first-order chi connectivity index (χ1) is 14.9. The second kappa shape index (κ2) is 9.04. The lowest BCUT2D eigenvalue weighted by Crippen LogP contribution is -2.24. The van der Waals surface area contributed by atoms with Crippen molar-refractivity contribution >= 4 is 22.4 Å². The molecule has 0 unspecified atom stereocenters. The Labute approximate surface area is 182 Å². The summed E-state index contributed by atoms with van der Waals surface area (Å²) in [4.78, 5) is 14.1. The molecule has 0 fully saturated rings. The summed E-state index contributed by atoms with van der Waals surface area (Å²) in [5.74, 6) is 2.83. The molecule has 3 aromatic rings. The van der Waals surface area contributed by atoms with Gasteiger partial charge in [0.2, 0.25) is 5.91 Å². The molecule has 31 heavy (non-hydrogen) atoms. The molecule has 7 heteroatoms. The highest BCUT2D eigenvalue weighted by Gasteiger charge is 2.23. The summed E-state index contributed by atoms with van der Waals surface area (Å²) in [6, 6.07) is 11.2. The molecule has 0 atom stereocenters. The highest BCUT2D eigenvalue weighted by atomic mass is 16.5. The smallest absolute Gasteiger partial charge is 0.223 e. The standard InChI is InChI=1S/C24H27NO6/c1-14(26)25(2)24-17-13-21(30-6)20(29-5)11-16(17)12-22(31-7)23(24)15-8-9-18(27-3)19(10-15)28-4/h8-13H,1-7H3. The Bertz CT molecular complexity index is 1120. The van der Waals surface area contributed by atoms with E-state index in [9.17, 15) is 4.79 Å². The lowest BCUT2D eigenvalue weighted by Gasteiger charge is -2.25. The van der Waals surface area contributed by atoms with Crippen molar-refractivity contribution in [3.8, 4) is 39.9 Å². The number of fused-ring (bicyclic) bond motifs is 1. The second-order valence-electron chi connectivity index (χ2n) is 6.88. The number of carbonyl (C=O) groups is 1. The van der Waals surface area contributed by atoms with E-state index in [1.54, 1.807) is 47.5 Å². The van der Waals surface area contributed by atoms with Gasteiger partial charge < -0.3 is 28.6 Å². The number of hydrogen-bond donors (Lipinski definition) is 0. The fourth-order valence-electron chi connectivity index (χ4n) is 3.62. The van der Waals surface area contributed by atoms with Crippen molar-refractivity contribution in [3.05, 3.63) is 36.4 Å². The molecule has 164 valence electrons. The SMILES string of the molecule is COc1ccc(-c2c(OC)cc3cc(OC)c(OC)cc3c2N(C)C(C)=O)cc1OC. The first kappa shape index (κ1) is 22.1. The largest absolute Gasteiger partial charge is 0.496 e. The van der Waals surface area contributed by atoms with Crippen molar-refractivity contribution in [2.75, 3.05) is 47.5 Å². The van der Waals surface area contributed by atoms with Crippen LogP contribution in [0.1, 0.15) is 6.92 Å². The summed E-state index contributed by atoms with van der Waals surface area (Å²) >= 11 is 0. The molecule has 7 nitrogen and oxygen atoms in total. The molecule has 0 saturated carbocycles. The van der Waals surface area contributed by atoms with Crippen LogP contribution in [0.15, 0.2) is 36.4 Å². The number of nitrogens with zero attached hydrogens (tertiary/aromatic N) is 1. The zero-order chi connectivity index (χ0) is 22.7. The van der Waals surface area contributed by atoms with Crippen molar-refractivity contribution in [1.82, 2.24) is 0 Å². The Balaban J connectivity index is 2.46. The van der Waals surface area contributed by atoms with Gasteiger partial charge in [0, 0.05) is 24.9 Å². The first-order valence-electron chi connectivity index (χ1n) is 9.63. The number of benzene rings is 3. The second-order valence-corrected chi connectivity index (χ2v) is 6.88. The van der Waals surface area contributed by atoms with Gasteiger partial charge in [-0.15, -0.1) is 0 Å². The molecule has 0 aliphatic rings. The fourth-order valence-corrected chi connectivity index (χ4v) is 3.62. The lowest BCUT2D eigenvalue weighted by atomic mass is 9.95. The predicted octanol–water partition coefficient (Wildman–Crippen LogP) is 4.53. The van der Waals surface area contributed by atoms with E-state index in [0.29, 0.717) is 34.4 Å². The summed E-state index contributed by atoms with van der Waals surface area (Å²) in [7, 11) is 9.67. The van der Waals surface area contributed by atoms with Gasteiger partial charge >= 0.3 is 0 Å². The highest BCUT2D eigenvalue weighted by molar-refractivity contribution is 6.11. The summed E-state index contributed by atoms with van der Waals surface area (Å²) in [5.41, 5.74) is 2.25. The van der Waals surface area contributed by atoms with Crippen LogP contribution >= 0.6 is 0 Å². The number of methoxy groups -OCH3 is 5. The average molecular weight is 425 g/mol. The van der Waals surface area contributed by atoms with Crippen LogP contribution in [0.3, 0.4) is 0 Å². The van der Waals surface area contributed by atoms with Crippen LogP contribution in [0.4, 0.5) is 5.69 Å². The van der Waals surface area contributed by atoms with Gasteiger partial charge in [-0.25, -0.2) is 0 Å². The Morgan fingerprint density at radius 3 is 1.77 bits per heavy atom. The summed E-state index contributed by atoms with van der Waals surface area (Å²) < 4.78 is 27.6. The summed E-state index contributed by atoms with van der Waals surface area (Å²) in [6.07, 6.45) is 0. The van der Waals surface area contributed by atoms with Crippen LogP contribution in [0.5, 0.6) is 28.7 Å². The maximum Gasteiger partial charge on any atom is 0.223 e. The molecule has 1 amide bonds. The van der Waals surface area contributed by atoms with Crippen molar-refractivity contribution in [1.29, 1.82) is 0 Å². The van der Waals surface area contributed by atoms with Gasteiger partial charge in [-0.3, -0.25) is 4.79 Å². The van der Waals surface area contributed by atoms with E-state index in [1.807, 2.05) is 36.4 Å². The molecule has 0 aliphatic heterocycles. The minimum Gasteiger partial charge on any atom is -0.496 e.